The Bertz CT molecular complexity index is 599. The van der Waals surface area contributed by atoms with Crippen LogP contribution >= 0.6 is 0 Å². The van der Waals surface area contributed by atoms with E-state index in [-0.39, 0.29) is 23.0 Å². The van der Waals surface area contributed by atoms with E-state index in [4.69, 9.17) is 9.47 Å². The molecule has 0 saturated heterocycles. The Balaban J connectivity index is 1.77. The normalized spacial score (nSPS) is 22.9. The molecule has 1 aromatic rings. The van der Waals surface area contributed by atoms with Gasteiger partial charge in [-0.2, -0.15) is 0 Å². The van der Waals surface area contributed by atoms with Crippen molar-refractivity contribution in [2.45, 2.75) is 45.5 Å². The summed E-state index contributed by atoms with van der Waals surface area (Å²) in [6.07, 6.45) is 2.21. The highest BCUT2D eigenvalue weighted by Gasteiger charge is 2.33. The third-order valence-corrected chi connectivity index (χ3v) is 4.48. The lowest BCUT2D eigenvalue weighted by atomic mass is 9.73. The zero-order valence-corrected chi connectivity index (χ0v) is 14.4. The SMILES string of the molecule is CB(O)NCC1(C)CCC(OC(=O)Oc2ccc([N+](=O)[O-])cc2)CC1. The Morgan fingerprint density at radius 3 is 2.52 bits per heavy atom. The monoisotopic (exact) mass is 350 g/mol. The smallest absolute Gasteiger partial charge is 0.437 e. The molecule has 1 aliphatic carbocycles. The van der Waals surface area contributed by atoms with Crippen molar-refractivity contribution in [2.24, 2.45) is 5.41 Å². The van der Waals surface area contributed by atoms with Crippen molar-refractivity contribution in [3.63, 3.8) is 0 Å². The largest absolute Gasteiger partial charge is 0.514 e. The van der Waals surface area contributed by atoms with Gasteiger partial charge in [-0.15, -0.1) is 0 Å². The van der Waals surface area contributed by atoms with E-state index in [9.17, 15) is 19.9 Å². The van der Waals surface area contributed by atoms with Crippen molar-refractivity contribution in [1.82, 2.24) is 5.23 Å². The summed E-state index contributed by atoms with van der Waals surface area (Å²) >= 11 is 0. The van der Waals surface area contributed by atoms with Crippen molar-refractivity contribution < 1.29 is 24.2 Å². The van der Waals surface area contributed by atoms with E-state index in [1.165, 1.54) is 24.3 Å². The second kappa shape index (κ2) is 8.31. The zero-order chi connectivity index (χ0) is 18.4. The summed E-state index contributed by atoms with van der Waals surface area (Å²) < 4.78 is 10.4. The highest BCUT2D eigenvalue weighted by Crippen LogP contribution is 2.36. The number of hydrogen-bond donors (Lipinski definition) is 2. The molecule has 1 saturated carbocycles. The number of non-ortho nitro benzene ring substituents is 1. The minimum absolute atomic E-state index is 0.0686. The van der Waals surface area contributed by atoms with Crippen molar-refractivity contribution >= 4 is 18.9 Å². The number of rotatable bonds is 6. The maximum Gasteiger partial charge on any atom is 0.514 e. The zero-order valence-electron chi connectivity index (χ0n) is 14.4. The first-order valence-electron chi connectivity index (χ1n) is 8.32. The lowest BCUT2D eigenvalue weighted by molar-refractivity contribution is -0.384. The van der Waals surface area contributed by atoms with Gasteiger partial charge in [0.2, 0.25) is 0 Å². The van der Waals surface area contributed by atoms with Gasteiger partial charge in [-0.05, 0) is 56.6 Å². The summed E-state index contributed by atoms with van der Waals surface area (Å²) in [5.74, 6) is 0.206. The Morgan fingerprint density at radius 1 is 1.40 bits per heavy atom. The molecule has 0 atom stereocenters. The van der Waals surface area contributed by atoms with Crippen LogP contribution in [0.1, 0.15) is 32.6 Å². The third-order valence-electron chi connectivity index (χ3n) is 4.48. The van der Waals surface area contributed by atoms with Crippen LogP contribution in [0.15, 0.2) is 24.3 Å². The van der Waals surface area contributed by atoms with Crippen LogP contribution in [0.2, 0.25) is 6.82 Å². The summed E-state index contributed by atoms with van der Waals surface area (Å²) in [6, 6.07) is 5.26. The minimum Gasteiger partial charge on any atom is -0.437 e. The molecule has 2 N–H and O–H groups in total. The van der Waals surface area contributed by atoms with Crippen molar-refractivity contribution in [3.05, 3.63) is 34.4 Å². The molecule has 0 amide bonds. The van der Waals surface area contributed by atoms with Crippen LogP contribution in [0.3, 0.4) is 0 Å². The molecule has 136 valence electrons. The van der Waals surface area contributed by atoms with E-state index in [0.29, 0.717) is 6.54 Å². The van der Waals surface area contributed by atoms with Gasteiger partial charge in [-0.1, -0.05) is 6.92 Å². The van der Waals surface area contributed by atoms with Crippen LogP contribution in [0.4, 0.5) is 10.5 Å². The molecule has 8 nitrogen and oxygen atoms in total. The number of hydrogen-bond acceptors (Lipinski definition) is 7. The molecule has 9 heteroatoms. The molecule has 0 aromatic heterocycles. The van der Waals surface area contributed by atoms with Gasteiger partial charge in [0, 0.05) is 12.1 Å². The lowest BCUT2D eigenvalue weighted by Gasteiger charge is -2.37. The summed E-state index contributed by atoms with van der Waals surface area (Å²) in [6.45, 7) is 4.55. The first-order valence-corrected chi connectivity index (χ1v) is 8.32. The van der Waals surface area contributed by atoms with E-state index < -0.39 is 18.1 Å². The van der Waals surface area contributed by atoms with Gasteiger partial charge < -0.3 is 19.7 Å². The van der Waals surface area contributed by atoms with Crippen LogP contribution in [0.25, 0.3) is 0 Å². The summed E-state index contributed by atoms with van der Waals surface area (Å²) in [5.41, 5.74) is -0.00264. The Hall–Kier alpha value is -2.13. The van der Waals surface area contributed by atoms with Crippen LogP contribution in [-0.4, -0.2) is 35.8 Å². The molecule has 0 aliphatic heterocycles. The average Bonchev–Trinajstić information content (AvgIpc) is 2.56. The van der Waals surface area contributed by atoms with Gasteiger partial charge in [-0.25, -0.2) is 4.79 Å². The van der Waals surface area contributed by atoms with Crippen molar-refractivity contribution in [3.8, 4) is 5.75 Å². The first kappa shape index (κ1) is 19.2. The number of nitrogens with zero attached hydrogens (tertiary/aromatic N) is 1. The number of nitrogens with one attached hydrogen (secondary N) is 1. The van der Waals surface area contributed by atoms with E-state index in [1.807, 2.05) is 0 Å². The predicted octanol–water partition coefficient (Wildman–Crippen LogP) is 2.76. The molecule has 1 aliphatic rings. The maximum absolute atomic E-state index is 11.9. The molecule has 0 radical (unpaired) electrons. The van der Waals surface area contributed by atoms with Crippen molar-refractivity contribution in [1.29, 1.82) is 0 Å². The highest BCUT2D eigenvalue weighted by atomic mass is 16.7. The molecule has 2 rings (SSSR count). The van der Waals surface area contributed by atoms with Gasteiger partial charge in [0.05, 0.1) is 4.92 Å². The molecule has 1 aromatic carbocycles. The first-order chi connectivity index (χ1) is 11.8. The molecule has 25 heavy (non-hydrogen) atoms. The number of carbonyl (C=O) groups excluding carboxylic acids is 1. The summed E-state index contributed by atoms with van der Waals surface area (Å²) in [4.78, 5) is 21.9. The molecule has 0 heterocycles. The molecular weight excluding hydrogens is 327 g/mol. The molecule has 0 unspecified atom stereocenters. The number of benzene rings is 1. The van der Waals surface area contributed by atoms with Gasteiger partial charge in [0.15, 0.2) is 0 Å². The Morgan fingerprint density at radius 2 is 2.00 bits per heavy atom. The Kier molecular flexibility index (Phi) is 6.38. The van der Waals surface area contributed by atoms with E-state index in [0.717, 1.165) is 25.7 Å². The molecule has 0 bridgehead atoms. The van der Waals surface area contributed by atoms with E-state index >= 15 is 0 Å². The van der Waals surface area contributed by atoms with Crippen LogP contribution in [-0.2, 0) is 4.74 Å². The summed E-state index contributed by atoms with van der Waals surface area (Å²) in [5, 5.41) is 22.9. The van der Waals surface area contributed by atoms with E-state index in [2.05, 4.69) is 12.2 Å². The number of nitro benzene ring substituents is 1. The molecular formula is C16H23BN2O6. The predicted molar refractivity (Wildman–Crippen MR) is 92.4 cm³/mol. The third kappa shape index (κ3) is 6.02. The van der Waals surface area contributed by atoms with Crippen LogP contribution in [0, 0.1) is 15.5 Å². The number of carbonyl (C=O) groups is 1. The van der Waals surface area contributed by atoms with Crippen LogP contribution in [0.5, 0.6) is 5.75 Å². The lowest BCUT2D eigenvalue weighted by Crippen LogP contribution is -2.42. The number of nitro groups is 1. The minimum atomic E-state index is -0.801. The fourth-order valence-electron chi connectivity index (χ4n) is 2.87. The molecule has 1 fully saturated rings. The molecule has 0 spiro atoms. The van der Waals surface area contributed by atoms with Gasteiger partial charge in [-0.3, -0.25) is 10.1 Å². The fourth-order valence-corrected chi connectivity index (χ4v) is 2.87. The van der Waals surface area contributed by atoms with Crippen LogP contribution < -0.4 is 9.96 Å². The van der Waals surface area contributed by atoms with E-state index in [1.54, 1.807) is 6.82 Å². The highest BCUT2D eigenvalue weighted by molar-refractivity contribution is 6.45. The second-order valence-corrected chi connectivity index (χ2v) is 6.79. The quantitative estimate of drug-likeness (QED) is 0.267. The van der Waals surface area contributed by atoms with Gasteiger partial charge in [0.25, 0.3) is 5.69 Å². The standard InChI is InChI=1S/C16H23BN2O6/c1-16(11-18-17(2)21)9-7-14(8-10-16)25-15(20)24-13-5-3-12(4-6-13)19(22)23/h3-6,14,18,21H,7-11H2,1-2H3. The summed E-state index contributed by atoms with van der Waals surface area (Å²) in [7, 11) is -0.539. The number of ether oxygens (including phenoxy) is 2. The van der Waals surface area contributed by atoms with Crippen molar-refractivity contribution in [2.75, 3.05) is 6.54 Å². The van der Waals surface area contributed by atoms with Gasteiger partial charge >= 0.3 is 13.2 Å². The topological polar surface area (TPSA) is 111 Å². The second-order valence-electron chi connectivity index (χ2n) is 6.79. The fraction of sp³-hybridized carbons (Fsp3) is 0.562. The Labute approximate surface area is 146 Å². The maximum atomic E-state index is 11.9. The average molecular weight is 350 g/mol. The van der Waals surface area contributed by atoms with Gasteiger partial charge in [0.1, 0.15) is 11.9 Å².